The molecule has 0 spiro atoms. The predicted molar refractivity (Wildman–Crippen MR) is 291 cm³/mol. The predicted octanol–water partition coefficient (Wildman–Crippen LogP) is 8.86. The van der Waals surface area contributed by atoms with E-state index in [0.29, 0.717) is 59.3 Å². The number of nitrogens with zero attached hydrogens (tertiary/aromatic N) is 11. The molecule has 0 aliphatic carbocycles. The highest BCUT2D eigenvalue weighted by Crippen LogP contribution is 2.46. The molecule has 4 aliphatic heterocycles. The molecule has 12 rings (SSSR count). The average Bonchev–Trinajstić information content (AvgIpc) is 3.87. The summed E-state index contributed by atoms with van der Waals surface area (Å²) in [4.78, 5) is 72.3. The second-order valence-corrected chi connectivity index (χ2v) is 20.8. The summed E-state index contributed by atoms with van der Waals surface area (Å²) in [5, 5.41) is 21.4. The Bertz CT molecular complexity index is 3960. The third-order valence-electron chi connectivity index (χ3n) is 15.1. The molecule has 0 bridgehead atoms. The lowest BCUT2D eigenvalue weighted by Crippen LogP contribution is -2.56. The van der Waals surface area contributed by atoms with Gasteiger partial charge in [0.15, 0.2) is 11.6 Å². The zero-order valence-electron chi connectivity index (χ0n) is 44.6. The Morgan fingerprint density at radius 2 is 1.14 bits per heavy atom. The highest BCUT2D eigenvalue weighted by Gasteiger charge is 2.39. The summed E-state index contributed by atoms with van der Waals surface area (Å²) in [6, 6.07) is 10.2. The first-order chi connectivity index (χ1) is 38.4. The van der Waals surface area contributed by atoms with Gasteiger partial charge in [0.25, 0.3) is 0 Å². The van der Waals surface area contributed by atoms with Crippen molar-refractivity contribution in [3.8, 4) is 57.1 Å². The highest BCUT2D eigenvalue weighted by molar-refractivity contribution is 6.00. The van der Waals surface area contributed by atoms with Crippen molar-refractivity contribution in [1.29, 1.82) is 0 Å². The number of phenols is 2. The van der Waals surface area contributed by atoms with E-state index in [1.165, 1.54) is 34.9 Å². The number of carbonyl (C=O) groups excluding carboxylic acids is 1. The van der Waals surface area contributed by atoms with Gasteiger partial charge in [0.05, 0.1) is 46.0 Å². The molecule has 0 radical (unpaired) electrons. The van der Waals surface area contributed by atoms with Crippen LogP contribution in [0.1, 0.15) is 81.3 Å². The van der Waals surface area contributed by atoms with Crippen LogP contribution >= 0.6 is 0 Å². The summed E-state index contributed by atoms with van der Waals surface area (Å²) in [5.74, 6) is -4.81. The van der Waals surface area contributed by atoms with Gasteiger partial charge in [0.1, 0.15) is 81.2 Å². The molecule has 0 unspecified atom stereocenters. The SMILES string of the molecule is C=CC(=O)N1CCN2c3nc(=O)n(-c4c(C)ccnc4C(C)C)c4c(F)c(-c5c(O)cccc5F)nc(c34)OC[C@H]2C1.Cc1ccnc(C(C)C)c1-n1c(=O)nc2c3c(nc(-c4c(O)cccc4F)c(F)c31)OC[C@H]1CCCCN21. The summed E-state index contributed by atoms with van der Waals surface area (Å²) < 4.78 is 78.4. The number of aromatic hydroxyl groups is 2. The Kier molecular flexibility index (Phi) is 13.7. The minimum Gasteiger partial charge on any atom is -0.507 e. The molecule has 2 atom stereocenters. The number of benzene rings is 2. The van der Waals surface area contributed by atoms with Crippen molar-refractivity contribution in [3.63, 3.8) is 0 Å². The van der Waals surface area contributed by atoms with Crippen molar-refractivity contribution in [2.75, 3.05) is 49.2 Å². The van der Waals surface area contributed by atoms with E-state index in [-0.39, 0.29) is 82.9 Å². The number of anilines is 2. The van der Waals surface area contributed by atoms with Crippen molar-refractivity contribution in [2.45, 2.75) is 84.7 Å². The number of hydrogen-bond acceptors (Lipinski definition) is 15. The molecule has 2 fully saturated rings. The number of hydrogen-bond donors (Lipinski definition) is 2. The lowest BCUT2D eigenvalue weighted by molar-refractivity contribution is -0.126. The first-order valence-electron chi connectivity index (χ1n) is 26.3. The molecule has 1 amide bonds. The average molecular weight is 1090 g/mol. The summed E-state index contributed by atoms with van der Waals surface area (Å²) >= 11 is 0. The summed E-state index contributed by atoms with van der Waals surface area (Å²) in [6.07, 6.45) is 7.19. The molecule has 18 nitrogen and oxygen atoms in total. The van der Waals surface area contributed by atoms with Crippen molar-refractivity contribution in [1.82, 2.24) is 43.9 Å². The van der Waals surface area contributed by atoms with E-state index in [1.807, 2.05) is 44.4 Å². The van der Waals surface area contributed by atoms with Gasteiger partial charge in [-0.15, -0.1) is 0 Å². The van der Waals surface area contributed by atoms with E-state index in [4.69, 9.17) is 9.47 Å². The van der Waals surface area contributed by atoms with Gasteiger partial charge in [0, 0.05) is 38.6 Å². The van der Waals surface area contributed by atoms with E-state index in [2.05, 4.69) is 36.5 Å². The largest absolute Gasteiger partial charge is 0.507 e. The quantitative estimate of drug-likeness (QED) is 0.113. The molecule has 2 aromatic carbocycles. The number of piperazine rings is 1. The van der Waals surface area contributed by atoms with Crippen LogP contribution in [0.3, 0.4) is 0 Å². The number of piperidine rings is 1. The van der Waals surface area contributed by atoms with E-state index >= 15 is 13.2 Å². The number of phenolic OH excluding ortho intramolecular Hbond substituents is 2. The van der Waals surface area contributed by atoms with Gasteiger partial charge in [-0.2, -0.15) is 9.97 Å². The van der Waals surface area contributed by atoms with E-state index < -0.39 is 74.7 Å². The summed E-state index contributed by atoms with van der Waals surface area (Å²) in [6.45, 7) is 16.6. The van der Waals surface area contributed by atoms with Gasteiger partial charge in [0.2, 0.25) is 17.7 Å². The molecule has 6 aromatic heterocycles. The molecule has 2 N–H and O–H groups in total. The van der Waals surface area contributed by atoms with Gasteiger partial charge >= 0.3 is 11.4 Å². The zero-order chi connectivity index (χ0) is 56.6. The zero-order valence-corrected chi connectivity index (χ0v) is 44.6. The number of carbonyl (C=O) groups is 1. The fourth-order valence-electron chi connectivity index (χ4n) is 11.3. The number of fused-ring (bicyclic) bond motifs is 4. The third-order valence-corrected chi connectivity index (χ3v) is 15.1. The van der Waals surface area contributed by atoms with Crippen LogP contribution in [0.5, 0.6) is 23.3 Å². The molecular weight excluding hydrogens is 1040 g/mol. The van der Waals surface area contributed by atoms with Crippen molar-refractivity contribution >= 4 is 39.3 Å². The fourth-order valence-corrected chi connectivity index (χ4v) is 11.3. The van der Waals surface area contributed by atoms with Gasteiger partial charge < -0.3 is 34.4 Å². The first-order valence-corrected chi connectivity index (χ1v) is 26.3. The molecule has 2 saturated heterocycles. The number of ether oxygens (including phenoxy) is 2. The normalized spacial score (nSPS) is 16.6. The Hall–Kier alpha value is -8.95. The first kappa shape index (κ1) is 53.1. The van der Waals surface area contributed by atoms with Crippen molar-refractivity contribution in [3.05, 3.63) is 140 Å². The maximum atomic E-state index is 16.9. The van der Waals surface area contributed by atoms with Crippen LogP contribution in [-0.4, -0.2) is 112 Å². The van der Waals surface area contributed by atoms with E-state index in [1.54, 1.807) is 36.4 Å². The van der Waals surface area contributed by atoms with Gasteiger partial charge in [-0.25, -0.2) is 37.1 Å². The number of pyridine rings is 4. The van der Waals surface area contributed by atoms with Crippen LogP contribution in [0.25, 0.3) is 55.7 Å². The van der Waals surface area contributed by atoms with Gasteiger partial charge in [-0.1, -0.05) is 46.4 Å². The van der Waals surface area contributed by atoms with Crippen LogP contribution < -0.4 is 30.7 Å². The molecule has 412 valence electrons. The topological polar surface area (TPSA) is 207 Å². The number of halogens is 4. The molecule has 10 heterocycles. The second kappa shape index (κ2) is 20.7. The van der Waals surface area contributed by atoms with Crippen LogP contribution in [0, 0.1) is 37.1 Å². The van der Waals surface area contributed by atoms with Crippen LogP contribution in [-0.2, 0) is 4.79 Å². The Labute approximate surface area is 455 Å². The number of aryl methyl sites for hydroxylation is 2. The Morgan fingerprint density at radius 3 is 1.60 bits per heavy atom. The second-order valence-electron chi connectivity index (χ2n) is 20.8. The Morgan fingerprint density at radius 1 is 0.662 bits per heavy atom. The van der Waals surface area contributed by atoms with Crippen molar-refractivity contribution < 1.29 is 42.0 Å². The van der Waals surface area contributed by atoms with Crippen LogP contribution in [0.15, 0.2) is 83.2 Å². The highest BCUT2D eigenvalue weighted by atomic mass is 19.1. The maximum Gasteiger partial charge on any atom is 0.354 e. The lowest BCUT2D eigenvalue weighted by Gasteiger charge is -2.40. The lowest BCUT2D eigenvalue weighted by atomic mass is 10.0. The molecule has 80 heavy (non-hydrogen) atoms. The molecule has 4 aliphatic rings. The number of aromatic nitrogens is 8. The summed E-state index contributed by atoms with van der Waals surface area (Å²) in [5.41, 5.74) is -0.441. The Balaban J connectivity index is 0.000000170. The van der Waals surface area contributed by atoms with E-state index in [9.17, 15) is 29.0 Å². The fraction of sp³-hybridized carbons (Fsp3) is 0.328. The molecule has 22 heteroatoms. The third kappa shape index (κ3) is 8.76. The van der Waals surface area contributed by atoms with Gasteiger partial charge in [-0.3, -0.25) is 23.9 Å². The van der Waals surface area contributed by atoms with Crippen molar-refractivity contribution in [2.24, 2.45) is 0 Å². The smallest absolute Gasteiger partial charge is 0.354 e. The summed E-state index contributed by atoms with van der Waals surface area (Å²) in [7, 11) is 0. The maximum absolute atomic E-state index is 16.9. The minimum absolute atomic E-state index is 0.0189. The molecule has 8 aromatic rings. The number of rotatable bonds is 7. The van der Waals surface area contributed by atoms with Crippen LogP contribution in [0.2, 0.25) is 0 Å². The van der Waals surface area contributed by atoms with Crippen LogP contribution in [0.4, 0.5) is 29.2 Å². The molecular formula is C58H55F4N11O7. The van der Waals surface area contributed by atoms with Gasteiger partial charge in [-0.05, 0) is 98.5 Å². The molecule has 0 saturated carbocycles. The number of amides is 1. The standard InChI is InChI=1S/C30H28F2N6O4.C28H27F2N5O3/c1-5-20(40)36-11-12-37-17(13-36)14-42-29-22-27(23(32)25(34-29)21-18(31)7-6-8-19(21)39)38(30(41)35-28(22)37)26-16(4)9-10-33-24(26)15(2)3;1-14(2)22-24(15(3)10-11-31-22)35-25-20-26(33-28(35)37)34-12-5-4-7-16(34)13-38-27(20)32-23(21(25)30)19-17(29)8-6-9-18(19)36/h5-10,15,17,39H,1,11-14H2,2-4H3;6,8-11,14,16,36H,4-5,7,12-13H2,1-3H3/t17-;16-/m11/s1. The monoisotopic (exact) mass is 1090 g/mol. The van der Waals surface area contributed by atoms with E-state index in [0.717, 1.165) is 36.0 Å². The minimum atomic E-state index is -1.03.